The Morgan fingerprint density at radius 2 is 1.82 bits per heavy atom. The predicted molar refractivity (Wildman–Crippen MR) is 125 cm³/mol. The fraction of sp³-hybridized carbons (Fsp3) is 0.182. The highest BCUT2D eigenvalue weighted by Crippen LogP contribution is 2.36. The molecule has 8 nitrogen and oxygen atoms in total. The molecule has 1 unspecified atom stereocenters. The molecule has 3 aromatic rings. The molecule has 0 aliphatic carbocycles. The number of esters is 1. The number of benzene rings is 2. The molecule has 1 aromatic heterocycles. The molecule has 172 valence electrons. The number of halogens is 2. The molecule has 0 radical (unpaired) electrons. The largest absolute Gasteiger partial charge is 0.462 e. The fourth-order valence-electron chi connectivity index (χ4n) is 2.95. The average molecular weight is 491 g/mol. The van der Waals surface area contributed by atoms with Crippen molar-refractivity contribution in [1.29, 1.82) is 0 Å². The SMILES string of the molecule is CCOC(=O)c1ccc(C(=O)c2sc(N(c3ccc(Cl)c(F)c3)C(C)C(N)=O)nc2N)cc1. The monoisotopic (exact) mass is 490 g/mol. The number of ketones is 1. The van der Waals surface area contributed by atoms with Crippen molar-refractivity contribution in [3.8, 4) is 0 Å². The molecule has 1 heterocycles. The number of carbonyl (C=O) groups is 3. The van der Waals surface area contributed by atoms with E-state index in [1.165, 1.54) is 48.2 Å². The van der Waals surface area contributed by atoms with Gasteiger partial charge in [-0.3, -0.25) is 9.59 Å². The Morgan fingerprint density at radius 1 is 1.18 bits per heavy atom. The van der Waals surface area contributed by atoms with Crippen molar-refractivity contribution in [2.24, 2.45) is 5.73 Å². The van der Waals surface area contributed by atoms with Gasteiger partial charge in [-0.15, -0.1) is 0 Å². The highest BCUT2D eigenvalue weighted by molar-refractivity contribution is 7.18. The van der Waals surface area contributed by atoms with Crippen LogP contribution in [0.2, 0.25) is 5.02 Å². The lowest BCUT2D eigenvalue weighted by Crippen LogP contribution is -2.40. The number of carbonyl (C=O) groups excluding carboxylic acids is 3. The summed E-state index contributed by atoms with van der Waals surface area (Å²) in [6.07, 6.45) is 0. The van der Waals surface area contributed by atoms with Crippen LogP contribution >= 0.6 is 22.9 Å². The Bertz CT molecular complexity index is 1220. The molecule has 0 saturated carbocycles. The van der Waals surface area contributed by atoms with E-state index in [4.69, 9.17) is 27.8 Å². The van der Waals surface area contributed by atoms with Gasteiger partial charge in [-0.2, -0.15) is 0 Å². The first-order valence-electron chi connectivity index (χ1n) is 9.75. The molecule has 0 fully saturated rings. The average Bonchev–Trinajstić information content (AvgIpc) is 3.16. The van der Waals surface area contributed by atoms with E-state index in [1.807, 2.05) is 0 Å². The zero-order chi connectivity index (χ0) is 24.3. The van der Waals surface area contributed by atoms with Crippen molar-refractivity contribution in [3.63, 3.8) is 0 Å². The maximum absolute atomic E-state index is 14.1. The first-order valence-corrected chi connectivity index (χ1v) is 10.9. The Hall–Kier alpha value is -3.50. The summed E-state index contributed by atoms with van der Waals surface area (Å²) in [5.41, 5.74) is 12.3. The van der Waals surface area contributed by atoms with Crippen LogP contribution < -0.4 is 16.4 Å². The third-order valence-electron chi connectivity index (χ3n) is 4.69. The quantitative estimate of drug-likeness (QED) is 0.361. The van der Waals surface area contributed by atoms with Crippen LogP contribution in [0.1, 0.15) is 39.4 Å². The first-order chi connectivity index (χ1) is 15.6. The van der Waals surface area contributed by atoms with Gasteiger partial charge in [0.15, 0.2) is 5.13 Å². The summed E-state index contributed by atoms with van der Waals surface area (Å²) in [6.45, 7) is 3.44. The number of primary amides is 1. The van der Waals surface area contributed by atoms with E-state index in [0.717, 1.165) is 17.4 Å². The summed E-state index contributed by atoms with van der Waals surface area (Å²) in [4.78, 5) is 42.5. The number of aromatic nitrogens is 1. The highest BCUT2D eigenvalue weighted by Gasteiger charge is 2.28. The summed E-state index contributed by atoms with van der Waals surface area (Å²) in [5.74, 6) is -2.38. The van der Waals surface area contributed by atoms with Crippen LogP contribution in [0.25, 0.3) is 0 Å². The molecule has 1 amide bonds. The van der Waals surface area contributed by atoms with E-state index >= 15 is 0 Å². The predicted octanol–water partition coefficient (Wildman–Crippen LogP) is 3.94. The van der Waals surface area contributed by atoms with Crippen molar-refractivity contribution >= 4 is 57.2 Å². The number of ether oxygens (including phenoxy) is 1. The molecular formula is C22H20ClFN4O4S. The minimum Gasteiger partial charge on any atom is -0.462 e. The smallest absolute Gasteiger partial charge is 0.338 e. The highest BCUT2D eigenvalue weighted by atomic mass is 35.5. The first kappa shape index (κ1) is 24.1. The van der Waals surface area contributed by atoms with E-state index in [9.17, 15) is 18.8 Å². The number of anilines is 3. The van der Waals surface area contributed by atoms with Gasteiger partial charge in [-0.25, -0.2) is 14.2 Å². The lowest BCUT2D eigenvalue weighted by molar-refractivity contribution is -0.118. The van der Waals surface area contributed by atoms with Crippen molar-refractivity contribution in [2.45, 2.75) is 19.9 Å². The number of hydrogen-bond acceptors (Lipinski definition) is 8. The normalized spacial score (nSPS) is 11.6. The Kier molecular flexibility index (Phi) is 7.29. The minimum atomic E-state index is -0.928. The van der Waals surface area contributed by atoms with Gasteiger partial charge < -0.3 is 21.1 Å². The van der Waals surface area contributed by atoms with Gasteiger partial charge in [-0.05, 0) is 44.2 Å². The topological polar surface area (TPSA) is 129 Å². The van der Waals surface area contributed by atoms with Crippen LogP contribution in [-0.2, 0) is 9.53 Å². The van der Waals surface area contributed by atoms with E-state index in [-0.39, 0.29) is 38.7 Å². The number of nitrogens with zero attached hydrogens (tertiary/aromatic N) is 2. The number of nitrogen functional groups attached to an aromatic ring is 1. The molecule has 1 atom stereocenters. The summed E-state index contributed by atoms with van der Waals surface area (Å²) in [7, 11) is 0. The van der Waals surface area contributed by atoms with E-state index in [2.05, 4.69) is 4.98 Å². The molecule has 0 spiro atoms. The van der Waals surface area contributed by atoms with Crippen molar-refractivity contribution in [2.75, 3.05) is 17.2 Å². The van der Waals surface area contributed by atoms with Crippen molar-refractivity contribution in [1.82, 2.24) is 4.98 Å². The second kappa shape index (κ2) is 9.97. The third kappa shape index (κ3) is 5.12. The van der Waals surface area contributed by atoms with Crippen molar-refractivity contribution < 1.29 is 23.5 Å². The third-order valence-corrected chi connectivity index (χ3v) is 6.07. The van der Waals surface area contributed by atoms with Crippen LogP contribution in [0.3, 0.4) is 0 Å². The lowest BCUT2D eigenvalue weighted by atomic mass is 10.1. The number of rotatable bonds is 8. The standard InChI is InChI=1S/C22H20ClFN4O4S/c1-3-32-21(31)13-6-4-12(5-7-13)17(29)18-19(25)27-22(33-18)28(11(2)20(26)30)14-8-9-15(23)16(24)10-14/h4-11H,3,25H2,1-2H3,(H2,26,30). The van der Waals surface area contributed by atoms with E-state index in [1.54, 1.807) is 6.92 Å². The Labute approximate surface area is 197 Å². The van der Waals surface area contributed by atoms with Crippen molar-refractivity contribution in [3.05, 3.63) is 69.3 Å². The molecule has 2 aromatic carbocycles. The fourth-order valence-corrected chi connectivity index (χ4v) is 4.12. The Morgan fingerprint density at radius 3 is 2.39 bits per heavy atom. The number of amides is 1. The zero-order valence-electron chi connectivity index (χ0n) is 17.7. The van der Waals surface area contributed by atoms with Crippen LogP contribution in [0.4, 0.5) is 21.0 Å². The second-order valence-electron chi connectivity index (χ2n) is 6.88. The van der Waals surface area contributed by atoms with Crippen LogP contribution in [0, 0.1) is 5.82 Å². The van der Waals surface area contributed by atoms with Gasteiger partial charge in [0.25, 0.3) is 0 Å². The molecular weight excluding hydrogens is 471 g/mol. The Balaban J connectivity index is 1.98. The zero-order valence-corrected chi connectivity index (χ0v) is 19.2. The lowest BCUT2D eigenvalue weighted by Gasteiger charge is -2.26. The van der Waals surface area contributed by atoms with Gasteiger partial charge in [0, 0.05) is 11.3 Å². The van der Waals surface area contributed by atoms with Crippen LogP contribution in [0.15, 0.2) is 42.5 Å². The maximum atomic E-state index is 14.1. The molecule has 3 rings (SSSR count). The summed E-state index contributed by atoms with van der Waals surface area (Å²) in [6, 6.07) is 8.94. The molecule has 11 heteroatoms. The van der Waals surface area contributed by atoms with Gasteiger partial charge in [-0.1, -0.05) is 35.1 Å². The molecule has 0 aliphatic rings. The molecule has 0 saturated heterocycles. The molecule has 4 N–H and O–H groups in total. The van der Waals surface area contributed by atoms with Gasteiger partial charge in [0.05, 0.1) is 17.2 Å². The number of hydrogen-bond donors (Lipinski definition) is 2. The van der Waals surface area contributed by atoms with Gasteiger partial charge >= 0.3 is 5.97 Å². The van der Waals surface area contributed by atoms with Gasteiger partial charge in [0.1, 0.15) is 22.6 Å². The molecule has 33 heavy (non-hydrogen) atoms. The maximum Gasteiger partial charge on any atom is 0.338 e. The van der Waals surface area contributed by atoms with Crippen LogP contribution in [0.5, 0.6) is 0 Å². The number of nitrogens with two attached hydrogens (primary N) is 2. The number of thiazole rings is 1. The summed E-state index contributed by atoms with van der Waals surface area (Å²) >= 11 is 6.69. The minimum absolute atomic E-state index is 0.0643. The summed E-state index contributed by atoms with van der Waals surface area (Å²) in [5, 5.41) is 0.0817. The molecule has 0 bridgehead atoms. The van der Waals surface area contributed by atoms with Crippen LogP contribution in [-0.4, -0.2) is 35.3 Å². The molecule has 0 aliphatic heterocycles. The summed E-state index contributed by atoms with van der Waals surface area (Å²) < 4.78 is 19.0. The van der Waals surface area contributed by atoms with Gasteiger partial charge in [0.2, 0.25) is 11.7 Å². The van der Waals surface area contributed by atoms with E-state index < -0.39 is 29.5 Å². The van der Waals surface area contributed by atoms with E-state index in [0.29, 0.717) is 5.56 Å². The second-order valence-corrected chi connectivity index (χ2v) is 8.27.